The summed E-state index contributed by atoms with van der Waals surface area (Å²) in [5.74, 6) is -1.34. The number of benzene rings is 1. The molecule has 0 aliphatic carbocycles. The first-order chi connectivity index (χ1) is 9.65. The second kappa shape index (κ2) is 4.77. The lowest BCUT2D eigenvalue weighted by molar-refractivity contribution is 0.0699. The lowest BCUT2D eigenvalue weighted by atomic mass is 10.1. The third-order valence-electron chi connectivity index (χ3n) is 3.16. The molecule has 3 aromatic rings. The molecule has 2 heterocycles. The average molecular weight is 270 g/mol. The molecule has 20 heavy (non-hydrogen) atoms. The van der Waals surface area contributed by atoms with Crippen molar-refractivity contribution in [3.8, 4) is 0 Å². The highest BCUT2D eigenvalue weighted by Gasteiger charge is 2.11. The summed E-state index contributed by atoms with van der Waals surface area (Å²) >= 11 is 0. The molecule has 0 spiro atoms. The monoisotopic (exact) mass is 270 g/mol. The maximum atomic E-state index is 13.1. The number of halogens is 1. The van der Waals surface area contributed by atoms with Crippen LogP contribution in [0.1, 0.15) is 15.9 Å². The van der Waals surface area contributed by atoms with Crippen LogP contribution in [0.2, 0.25) is 0 Å². The number of hydrogen-bond acceptors (Lipinski definition) is 2. The number of fused-ring (bicyclic) bond motifs is 1. The van der Waals surface area contributed by atoms with E-state index in [1.165, 1.54) is 6.07 Å². The minimum absolute atomic E-state index is 0.263. The van der Waals surface area contributed by atoms with Crippen LogP contribution in [-0.2, 0) is 6.54 Å². The van der Waals surface area contributed by atoms with E-state index in [2.05, 4.69) is 4.98 Å². The molecule has 0 radical (unpaired) electrons. The SMILES string of the molecule is O=C(O)c1cccc2c1ccn2Cc1cncc(F)c1. The fourth-order valence-corrected chi connectivity index (χ4v) is 2.29. The van der Waals surface area contributed by atoms with E-state index in [0.717, 1.165) is 17.3 Å². The van der Waals surface area contributed by atoms with Crippen molar-refractivity contribution in [3.63, 3.8) is 0 Å². The second-order valence-electron chi connectivity index (χ2n) is 4.50. The Balaban J connectivity index is 2.05. The van der Waals surface area contributed by atoms with E-state index >= 15 is 0 Å². The Labute approximate surface area is 114 Å². The Kier molecular flexibility index (Phi) is 2.95. The molecule has 1 N–H and O–H groups in total. The number of aromatic carboxylic acids is 1. The molecule has 0 amide bonds. The van der Waals surface area contributed by atoms with Gasteiger partial charge in [-0.3, -0.25) is 4.98 Å². The molecule has 2 aromatic heterocycles. The van der Waals surface area contributed by atoms with Gasteiger partial charge >= 0.3 is 5.97 Å². The Hall–Kier alpha value is -2.69. The number of pyridine rings is 1. The summed E-state index contributed by atoms with van der Waals surface area (Å²) in [6.45, 7) is 0.442. The Morgan fingerprint density at radius 2 is 2.15 bits per heavy atom. The van der Waals surface area contributed by atoms with Gasteiger partial charge in [-0.2, -0.15) is 0 Å². The van der Waals surface area contributed by atoms with Gasteiger partial charge in [0.05, 0.1) is 11.8 Å². The van der Waals surface area contributed by atoms with E-state index in [0.29, 0.717) is 11.9 Å². The number of nitrogens with zero attached hydrogens (tertiary/aromatic N) is 2. The molecule has 1 aromatic carbocycles. The van der Waals surface area contributed by atoms with Crippen molar-refractivity contribution in [2.24, 2.45) is 0 Å². The summed E-state index contributed by atoms with van der Waals surface area (Å²) in [6.07, 6.45) is 4.54. The predicted octanol–water partition coefficient (Wildman–Crippen LogP) is 2.92. The zero-order valence-corrected chi connectivity index (χ0v) is 10.5. The van der Waals surface area contributed by atoms with Crippen LogP contribution in [0, 0.1) is 5.82 Å². The molecular formula is C15H11FN2O2. The van der Waals surface area contributed by atoms with Crippen molar-refractivity contribution < 1.29 is 14.3 Å². The average Bonchev–Trinajstić information content (AvgIpc) is 2.82. The van der Waals surface area contributed by atoms with Crippen LogP contribution in [0.25, 0.3) is 10.9 Å². The van der Waals surface area contributed by atoms with Crippen molar-refractivity contribution in [2.45, 2.75) is 6.54 Å². The first kappa shape index (κ1) is 12.3. The summed E-state index contributed by atoms with van der Waals surface area (Å²) in [5, 5.41) is 9.82. The van der Waals surface area contributed by atoms with Gasteiger partial charge in [-0.25, -0.2) is 9.18 Å². The van der Waals surface area contributed by atoms with Crippen molar-refractivity contribution in [1.29, 1.82) is 0 Å². The predicted molar refractivity (Wildman–Crippen MR) is 72.2 cm³/mol. The summed E-state index contributed by atoms with van der Waals surface area (Å²) < 4.78 is 15.0. The largest absolute Gasteiger partial charge is 0.478 e. The maximum absolute atomic E-state index is 13.1. The zero-order chi connectivity index (χ0) is 14.1. The van der Waals surface area contributed by atoms with Crippen molar-refractivity contribution in [3.05, 3.63) is 65.9 Å². The number of hydrogen-bond donors (Lipinski definition) is 1. The molecule has 3 rings (SSSR count). The third kappa shape index (κ3) is 2.14. The molecule has 0 unspecified atom stereocenters. The number of carboxylic acids is 1. The van der Waals surface area contributed by atoms with Gasteiger partial charge in [0.15, 0.2) is 0 Å². The van der Waals surface area contributed by atoms with Crippen molar-refractivity contribution in [1.82, 2.24) is 9.55 Å². The van der Waals surface area contributed by atoms with Gasteiger partial charge in [-0.15, -0.1) is 0 Å². The molecule has 4 nitrogen and oxygen atoms in total. The lowest BCUT2D eigenvalue weighted by Crippen LogP contribution is -2.00. The normalized spacial score (nSPS) is 10.8. The fourth-order valence-electron chi connectivity index (χ4n) is 2.29. The Morgan fingerprint density at radius 3 is 2.90 bits per heavy atom. The van der Waals surface area contributed by atoms with Gasteiger partial charge in [-0.1, -0.05) is 6.07 Å². The number of aromatic nitrogens is 2. The molecule has 0 fully saturated rings. The van der Waals surface area contributed by atoms with Crippen LogP contribution in [0.5, 0.6) is 0 Å². The van der Waals surface area contributed by atoms with Crippen LogP contribution in [-0.4, -0.2) is 20.6 Å². The first-order valence-corrected chi connectivity index (χ1v) is 6.06. The van der Waals surface area contributed by atoms with Gasteiger partial charge < -0.3 is 9.67 Å². The molecule has 0 atom stereocenters. The Bertz CT molecular complexity index is 795. The molecule has 0 saturated carbocycles. The standard InChI is InChI=1S/C15H11FN2O2/c16-11-6-10(7-17-8-11)9-18-5-4-12-13(15(19)20)2-1-3-14(12)18/h1-8H,9H2,(H,19,20). The highest BCUT2D eigenvalue weighted by Crippen LogP contribution is 2.21. The molecule has 100 valence electrons. The van der Waals surface area contributed by atoms with Gasteiger partial charge in [0, 0.05) is 29.8 Å². The minimum atomic E-state index is -0.958. The first-order valence-electron chi connectivity index (χ1n) is 6.06. The van der Waals surface area contributed by atoms with Crippen molar-refractivity contribution in [2.75, 3.05) is 0 Å². The highest BCUT2D eigenvalue weighted by molar-refractivity contribution is 6.02. The quantitative estimate of drug-likeness (QED) is 0.796. The van der Waals surface area contributed by atoms with Crippen LogP contribution < -0.4 is 0 Å². The molecule has 0 bridgehead atoms. The summed E-state index contributed by atoms with van der Waals surface area (Å²) in [7, 11) is 0. The smallest absolute Gasteiger partial charge is 0.336 e. The molecule has 0 aliphatic rings. The van der Waals surface area contributed by atoms with Crippen LogP contribution in [0.4, 0.5) is 4.39 Å². The number of rotatable bonds is 3. The molecule has 0 aliphatic heterocycles. The summed E-state index contributed by atoms with van der Waals surface area (Å²) in [4.78, 5) is 15.0. The van der Waals surface area contributed by atoms with Gasteiger partial charge in [0.25, 0.3) is 0 Å². The van der Waals surface area contributed by atoms with Gasteiger partial charge in [-0.05, 0) is 29.8 Å². The van der Waals surface area contributed by atoms with Gasteiger partial charge in [0.1, 0.15) is 5.82 Å². The summed E-state index contributed by atoms with van der Waals surface area (Å²) in [6, 6.07) is 8.28. The molecule has 5 heteroatoms. The molecular weight excluding hydrogens is 259 g/mol. The van der Waals surface area contributed by atoms with Crippen LogP contribution in [0.15, 0.2) is 48.9 Å². The summed E-state index contributed by atoms with van der Waals surface area (Å²) in [5.41, 5.74) is 1.79. The lowest BCUT2D eigenvalue weighted by Gasteiger charge is -2.06. The highest BCUT2D eigenvalue weighted by atomic mass is 19.1. The molecule has 0 saturated heterocycles. The third-order valence-corrected chi connectivity index (χ3v) is 3.16. The van der Waals surface area contributed by atoms with Crippen LogP contribution >= 0.6 is 0 Å². The van der Waals surface area contributed by atoms with Crippen LogP contribution in [0.3, 0.4) is 0 Å². The maximum Gasteiger partial charge on any atom is 0.336 e. The van der Waals surface area contributed by atoms with Gasteiger partial charge in [0.2, 0.25) is 0 Å². The topological polar surface area (TPSA) is 55.1 Å². The number of carboxylic acid groups (broad SMARTS) is 1. The van der Waals surface area contributed by atoms with E-state index in [9.17, 15) is 9.18 Å². The van der Waals surface area contributed by atoms with E-state index in [4.69, 9.17) is 5.11 Å². The number of carbonyl (C=O) groups is 1. The van der Waals surface area contributed by atoms with E-state index < -0.39 is 5.97 Å². The zero-order valence-electron chi connectivity index (χ0n) is 10.5. The Morgan fingerprint density at radius 1 is 1.30 bits per heavy atom. The van der Waals surface area contributed by atoms with Crippen molar-refractivity contribution >= 4 is 16.9 Å². The van der Waals surface area contributed by atoms with E-state index in [1.54, 1.807) is 30.6 Å². The second-order valence-corrected chi connectivity index (χ2v) is 4.50. The fraction of sp³-hybridized carbons (Fsp3) is 0.0667. The van der Waals surface area contributed by atoms with E-state index in [-0.39, 0.29) is 11.4 Å². The van der Waals surface area contributed by atoms with E-state index in [1.807, 2.05) is 10.6 Å². The minimum Gasteiger partial charge on any atom is -0.478 e.